The van der Waals surface area contributed by atoms with E-state index in [1.807, 2.05) is 12.1 Å². The van der Waals surface area contributed by atoms with Crippen LogP contribution in [-0.2, 0) is 6.54 Å². The predicted octanol–water partition coefficient (Wildman–Crippen LogP) is 4.21. The Hall–Kier alpha value is -0.0900. The predicted molar refractivity (Wildman–Crippen MR) is 88.2 cm³/mol. The quantitative estimate of drug-likeness (QED) is 0.853. The summed E-state index contributed by atoms with van der Waals surface area (Å²) in [6.45, 7) is 4.43. The van der Waals surface area contributed by atoms with Crippen LogP contribution in [-0.4, -0.2) is 30.1 Å². The summed E-state index contributed by atoms with van der Waals surface area (Å²) in [5, 5.41) is 4.41. The molecule has 0 atom stereocenters. The van der Waals surface area contributed by atoms with Crippen LogP contribution in [0.2, 0.25) is 5.02 Å². The number of rotatable bonds is 2. The van der Waals surface area contributed by atoms with E-state index in [-0.39, 0.29) is 0 Å². The van der Waals surface area contributed by atoms with Crippen molar-refractivity contribution < 1.29 is 0 Å². The molecule has 3 rings (SSSR count). The first-order valence-corrected chi connectivity index (χ1v) is 8.76. The van der Waals surface area contributed by atoms with E-state index in [4.69, 9.17) is 11.6 Å². The molecule has 1 aliphatic heterocycles. The zero-order valence-electron chi connectivity index (χ0n) is 11.8. The highest BCUT2D eigenvalue weighted by Crippen LogP contribution is 2.36. The van der Waals surface area contributed by atoms with Crippen molar-refractivity contribution >= 4 is 27.5 Å². The fraction of sp³-hybridized carbons (Fsp3) is 0.625. The van der Waals surface area contributed by atoms with Crippen LogP contribution < -0.4 is 5.32 Å². The van der Waals surface area contributed by atoms with Gasteiger partial charge in [-0.25, -0.2) is 0 Å². The zero-order chi connectivity index (χ0) is 14.0. The van der Waals surface area contributed by atoms with Crippen LogP contribution in [0, 0.1) is 0 Å². The van der Waals surface area contributed by atoms with Gasteiger partial charge in [-0.15, -0.1) is 0 Å². The lowest BCUT2D eigenvalue weighted by molar-refractivity contribution is 0.0207. The fourth-order valence-electron chi connectivity index (χ4n) is 3.69. The third-order valence-corrected chi connectivity index (χ3v) is 5.82. The van der Waals surface area contributed by atoms with Crippen LogP contribution in [0.15, 0.2) is 22.7 Å². The summed E-state index contributed by atoms with van der Waals surface area (Å²) in [5.74, 6) is 0. The van der Waals surface area contributed by atoms with E-state index >= 15 is 0 Å². The minimum absolute atomic E-state index is 0.385. The van der Waals surface area contributed by atoms with Gasteiger partial charge in [-0.05, 0) is 30.5 Å². The second-order valence-corrected chi connectivity index (χ2v) is 7.41. The Bertz CT molecular complexity index is 463. The smallest absolute Gasteiger partial charge is 0.0417 e. The third-order valence-electron chi connectivity index (χ3n) is 4.84. The van der Waals surface area contributed by atoms with Gasteiger partial charge in [-0.1, -0.05) is 52.9 Å². The second kappa shape index (κ2) is 6.35. The number of hydrogen-bond donors (Lipinski definition) is 1. The summed E-state index contributed by atoms with van der Waals surface area (Å²) < 4.78 is 1.13. The standard InChI is InChI=1S/C16H22BrClN2/c17-15-10-14(18)5-4-13(15)11-20-9-8-19-12-16(20)6-2-1-3-7-16/h4-5,10,19H,1-3,6-9,11-12H2. The van der Waals surface area contributed by atoms with Crippen LogP contribution >= 0.6 is 27.5 Å². The molecule has 2 fully saturated rings. The highest BCUT2D eigenvalue weighted by atomic mass is 79.9. The van der Waals surface area contributed by atoms with Gasteiger partial charge in [-0.2, -0.15) is 0 Å². The van der Waals surface area contributed by atoms with E-state index in [9.17, 15) is 0 Å². The molecule has 0 radical (unpaired) electrons. The molecule has 1 saturated carbocycles. The molecule has 0 bridgehead atoms. The number of hydrogen-bond acceptors (Lipinski definition) is 2. The summed E-state index contributed by atoms with van der Waals surface area (Å²) >= 11 is 9.71. The zero-order valence-corrected chi connectivity index (χ0v) is 14.1. The summed E-state index contributed by atoms with van der Waals surface area (Å²) in [6.07, 6.45) is 6.83. The lowest BCUT2D eigenvalue weighted by atomic mass is 9.79. The van der Waals surface area contributed by atoms with Crippen molar-refractivity contribution in [2.24, 2.45) is 0 Å². The average molecular weight is 358 g/mol. The summed E-state index contributed by atoms with van der Waals surface area (Å²) in [7, 11) is 0. The van der Waals surface area contributed by atoms with E-state index in [0.717, 1.165) is 35.7 Å². The Morgan fingerprint density at radius 3 is 2.80 bits per heavy atom. The third kappa shape index (κ3) is 3.06. The molecule has 0 amide bonds. The molecule has 20 heavy (non-hydrogen) atoms. The average Bonchev–Trinajstić information content (AvgIpc) is 2.45. The van der Waals surface area contributed by atoms with Crippen molar-refractivity contribution in [2.75, 3.05) is 19.6 Å². The lowest BCUT2D eigenvalue weighted by Crippen LogP contribution is -2.61. The molecule has 1 aliphatic carbocycles. The van der Waals surface area contributed by atoms with Crippen LogP contribution in [0.5, 0.6) is 0 Å². The first-order chi connectivity index (χ1) is 9.70. The molecular weight excluding hydrogens is 336 g/mol. The Morgan fingerprint density at radius 1 is 1.25 bits per heavy atom. The molecule has 1 spiro atoms. The van der Waals surface area contributed by atoms with Gasteiger partial charge in [-0.3, -0.25) is 4.90 Å². The Morgan fingerprint density at radius 2 is 2.05 bits per heavy atom. The number of piperazine rings is 1. The van der Waals surface area contributed by atoms with Gasteiger partial charge in [0.25, 0.3) is 0 Å². The van der Waals surface area contributed by atoms with Crippen LogP contribution in [0.25, 0.3) is 0 Å². The topological polar surface area (TPSA) is 15.3 Å². The molecule has 4 heteroatoms. The molecule has 0 unspecified atom stereocenters. The van der Waals surface area contributed by atoms with Gasteiger partial charge < -0.3 is 5.32 Å². The van der Waals surface area contributed by atoms with Gasteiger partial charge in [0.1, 0.15) is 0 Å². The second-order valence-electron chi connectivity index (χ2n) is 6.12. The van der Waals surface area contributed by atoms with Crippen molar-refractivity contribution in [2.45, 2.75) is 44.2 Å². The first-order valence-electron chi connectivity index (χ1n) is 7.59. The van der Waals surface area contributed by atoms with E-state index < -0.39 is 0 Å². The molecule has 1 N–H and O–H groups in total. The van der Waals surface area contributed by atoms with Gasteiger partial charge in [0.2, 0.25) is 0 Å². The molecule has 2 aliphatic rings. The van der Waals surface area contributed by atoms with Crippen molar-refractivity contribution in [1.82, 2.24) is 10.2 Å². The highest BCUT2D eigenvalue weighted by Gasteiger charge is 2.39. The van der Waals surface area contributed by atoms with Gasteiger partial charge in [0.05, 0.1) is 0 Å². The van der Waals surface area contributed by atoms with Crippen LogP contribution in [0.1, 0.15) is 37.7 Å². The first kappa shape index (κ1) is 14.8. The largest absolute Gasteiger partial charge is 0.314 e. The van der Waals surface area contributed by atoms with E-state index in [1.165, 1.54) is 37.7 Å². The molecule has 2 nitrogen and oxygen atoms in total. The van der Waals surface area contributed by atoms with Crippen molar-refractivity contribution in [3.8, 4) is 0 Å². The summed E-state index contributed by atoms with van der Waals surface area (Å²) in [4.78, 5) is 2.71. The van der Waals surface area contributed by atoms with Crippen LogP contribution in [0.3, 0.4) is 0 Å². The van der Waals surface area contributed by atoms with Gasteiger partial charge in [0, 0.05) is 41.2 Å². The molecule has 0 aromatic heterocycles. The molecule has 1 heterocycles. The monoisotopic (exact) mass is 356 g/mol. The summed E-state index contributed by atoms with van der Waals surface area (Å²) in [6, 6.07) is 6.16. The Labute approximate surface area is 135 Å². The Kier molecular flexibility index (Phi) is 4.71. The van der Waals surface area contributed by atoms with Gasteiger partial charge in [0.15, 0.2) is 0 Å². The normalized spacial score (nSPS) is 23.1. The maximum absolute atomic E-state index is 6.05. The number of halogens is 2. The maximum atomic E-state index is 6.05. The van der Waals surface area contributed by atoms with Crippen molar-refractivity contribution in [3.63, 3.8) is 0 Å². The molecule has 1 aromatic rings. The highest BCUT2D eigenvalue weighted by molar-refractivity contribution is 9.10. The molecule has 110 valence electrons. The summed E-state index contributed by atoms with van der Waals surface area (Å²) in [5.41, 5.74) is 1.73. The van der Waals surface area contributed by atoms with E-state index in [1.54, 1.807) is 0 Å². The minimum atomic E-state index is 0.385. The number of nitrogens with zero attached hydrogens (tertiary/aromatic N) is 1. The lowest BCUT2D eigenvalue weighted by Gasteiger charge is -2.50. The maximum Gasteiger partial charge on any atom is 0.0417 e. The molecule has 1 aromatic carbocycles. The minimum Gasteiger partial charge on any atom is -0.314 e. The number of benzene rings is 1. The van der Waals surface area contributed by atoms with Crippen molar-refractivity contribution in [1.29, 1.82) is 0 Å². The van der Waals surface area contributed by atoms with E-state index in [0.29, 0.717) is 5.54 Å². The molecule has 1 saturated heterocycles. The number of nitrogens with one attached hydrogen (secondary N) is 1. The van der Waals surface area contributed by atoms with Gasteiger partial charge >= 0.3 is 0 Å². The van der Waals surface area contributed by atoms with Crippen molar-refractivity contribution in [3.05, 3.63) is 33.3 Å². The SMILES string of the molecule is Clc1ccc(CN2CCNCC23CCCCC3)c(Br)c1. The molecular formula is C16H22BrClN2. The fourth-order valence-corrected chi connectivity index (χ4v) is 4.50. The van der Waals surface area contributed by atoms with E-state index in [2.05, 4.69) is 32.2 Å². The van der Waals surface area contributed by atoms with Crippen LogP contribution in [0.4, 0.5) is 0 Å². The Balaban J connectivity index is 1.79.